The van der Waals surface area contributed by atoms with Crippen LogP contribution < -0.4 is 0 Å². The van der Waals surface area contributed by atoms with Crippen LogP contribution in [-0.2, 0) is 0 Å². The molecule has 0 unspecified atom stereocenters. The average Bonchev–Trinajstić information content (AvgIpc) is 2.86. The minimum Gasteiger partial charge on any atom is -0.135 e. The quantitative estimate of drug-likeness (QED) is 0.382. The number of hydrogen-bond acceptors (Lipinski definition) is 1. The van der Waals surface area contributed by atoms with Crippen molar-refractivity contribution in [3.8, 4) is 11.1 Å². The van der Waals surface area contributed by atoms with Gasteiger partial charge in [0.2, 0.25) is 0 Å². The summed E-state index contributed by atoms with van der Waals surface area (Å²) in [5.41, 5.74) is 2.52. The summed E-state index contributed by atoms with van der Waals surface area (Å²) < 4.78 is 2.59. The molecule has 0 nitrogen and oxygen atoms in total. The zero-order valence-electron chi connectivity index (χ0n) is 10.6. The molecular formula is C18H11ClS. The van der Waals surface area contributed by atoms with Gasteiger partial charge in [-0.1, -0.05) is 54.1 Å². The van der Waals surface area contributed by atoms with Gasteiger partial charge in [0.25, 0.3) is 0 Å². The fourth-order valence-corrected chi connectivity index (χ4v) is 3.94. The summed E-state index contributed by atoms with van der Waals surface area (Å²) >= 11 is 8.00. The summed E-state index contributed by atoms with van der Waals surface area (Å²) in [5.74, 6) is 0. The molecule has 1 heterocycles. The van der Waals surface area contributed by atoms with Gasteiger partial charge in [-0.3, -0.25) is 0 Å². The molecule has 4 aromatic rings. The smallest absolute Gasteiger partial charge is 0.0413 e. The SMILES string of the molecule is Clc1ccc2sc3cccc(-c4ccccc4)c3c2c1. The number of rotatable bonds is 1. The maximum atomic E-state index is 6.18. The molecule has 2 heteroatoms. The predicted molar refractivity (Wildman–Crippen MR) is 89.8 cm³/mol. The number of fused-ring (bicyclic) bond motifs is 3. The van der Waals surface area contributed by atoms with E-state index in [1.54, 1.807) is 0 Å². The van der Waals surface area contributed by atoms with Crippen LogP contribution in [-0.4, -0.2) is 0 Å². The van der Waals surface area contributed by atoms with E-state index in [1.807, 2.05) is 23.5 Å². The molecule has 0 saturated heterocycles. The van der Waals surface area contributed by atoms with Crippen molar-refractivity contribution in [2.24, 2.45) is 0 Å². The molecule has 96 valence electrons. The van der Waals surface area contributed by atoms with E-state index < -0.39 is 0 Å². The molecule has 4 rings (SSSR count). The van der Waals surface area contributed by atoms with Crippen LogP contribution in [0.3, 0.4) is 0 Å². The molecule has 0 spiro atoms. The minimum atomic E-state index is 0.792. The van der Waals surface area contributed by atoms with E-state index in [-0.39, 0.29) is 0 Å². The van der Waals surface area contributed by atoms with Crippen LogP contribution in [0.25, 0.3) is 31.3 Å². The van der Waals surface area contributed by atoms with Crippen molar-refractivity contribution in [3.63, 3.8) is 0 Å². The molecule has 0 aliphatic carbocycles. The number of benzene rings is 3. The van der Waals surface area contributed by atoms with Crippen LogP contribution in [0.2, 0.25) is 5.02 Å². The molecule has 0 saturated carbocycles. The summed E-state index contributed by atoms with van der Waals surface area (Å²) in [6.45, 7) is 0. The topological polar surface area (TPSA) is 0 Å². The molecule has 20 heavy (non-hydrogen) atoms. The molecule has 3 aromatic carbocycles. The first kappa shape index (κ1) is 12.0. The average molecular weight is 295 g/mol. The third-order valence-corrected chi connectivity index (χ3v) is 4.91. The van der Waals surface area contributed by atoms with Crippen molar-refractivity contribution in [2.75, 3.05) is 0 Å². The highest BCUT2D eigenvalue weighted by Crippen LogP contribution is 2.40. The Balaban J connectivity index is 2.16. The minimum absolute atomic E-state index is 0.792. The Morgan fingerprint density at radius 1 is 0.750 bits per heavy atom. The molecule has 0 aliphatic rings. The van der Waals surface area contributed by atoms with Gasteiger partial charge in [0.05, 0.1) is 0 Å². The zero-order chi connectivity index (χ0) is 13.5. The van der Waals surface area contributed by atoms with Crippen LogP contribution in [0, 0.1) is 0 Å². The second kappa shape index (κ2) is 4.62. The molecular weight excluding hydrogens is 284 g/mol. The summed E-state index contributed by atoms with van der Waals surface area (Å²) in [4.78, 5) is 0. The Morgan fingerprint density at radius 2 is 1.60 bits per heavy atom. The second-order valence-corrected chi connectivity index (χ2v) is 6.31. The van der Waals surface area contributed by atoms with Gasteiger partial charge in [0, 0.05) is 25.2 Å². The third kappa shape index (κ3) is 1.82. The van der Waals surface area contributed by atoms with Gasteiger partial charge in [-0.05, 0) is 35.4 Å². The summed E-state index contributed by atoms with van der Waals surface area (Å²) in [6, 6.07) is 23.1. The molecule has 0 N–H and O–H groups in total. The first-order valence-corrected chi connectivity index (χ1v) is 7.68. The Morgan fingerprint density at radius 3 is 2.45 bits per heavy atom. The molecule has 0 bridgehead atoms. The van der Waals surface area contributed by atoms with Crippen molar-refractivity contribution in [1.82, 2.24) is 0 Å². The Kier molecular flexibility index (Phi) is 2.76. The van der Waals surface area contributed by atoms with Gasteiger partial charge in [-0.2, -0.15) is 0 Å². The van der Waals surface area contributed by atoms with E-state index in [1.165, 1.54) is 31.3 Å². The highest BCUT2D eigenvalue weighted by Gasteiger charge is 2.10. The van der Waals surface area contributed by atoms with E-state index in [0.717, 1.165) is 5.02 Å². The van der Waals surface area contributed by atoms with Crippen molar-refractivity contribution < 1.29 is 0 Å². The highest BCUT2D eigenvalue weighted by molar-refractivity contribution is 7.25. The van der Waals surface area contributed by atoms with E-state index >= 15 is 0 Å². The third-order valence-electron chi connectivity index (χ3n) is 3.54. The van der Waals surface area contributed by atoms with E-state index in [9.17, 15) is 0 Å². The van der Waals surface area contributed by atoms with E-state index in [0.29, 0.717) is 0 Å². The van der Waals surface area contributed by atoms with Gasteiger partial charge in [-0.15, -0.1) is 11.3 Å². The van der Waals surface area contributed by atoms with E-state index in [4.69, 9.17) is 11.6 Å². The lowest BCUT2D eigenvalue weighted by Crippen LogP contribution is -1.78. The maximum Gasteiger partial charge on any atom is 0.0413 e. The first-order chi connectivity index (χ1) is 9.83. The second-order valence-electron chi connectivity index (χ2n) is 4.79. The number of halogens is 1. The summed E-state index contributed by atoms with van der Waals surface area (Å²) in [6.07, 6.45) is 0. The fourth-order valence-electron chi connectivity index (χ4n) is 2.66. The van der Waals surface area contributed by atoms with Crippen LogP contribution in [0.4, 0.5) is 0 Å². The highest BCUT2D eigenvalue weighted by atomic mass is 35.5. The molecule has 1 aromatic heterocycles. The van der Waals surface area contributed by atoms with Crippen molar-refractivity contribution >= 4 is 43.1 Å². The van der Waals surface area contributed by atoms with Crippen LogP contribution >= 0.6 is 22.9 Å². The first-order valence-electron chi connectivity index (χ1n) is 6.49. The molecule has 0 radical (unpaired) electrons. The standard InChI is InChI=1S/C18H11ClS/c19-13-9-10-16-15(11-13)18-14(7-4-8-17(18)20-16)12-5-2-1-3-6-12/h1-11H. The molecule has 0 atom stereocenters. The zero-order valence-corrected chi connectivity index (χ0v) is 12.2. The monoisotopic (exact) mass is 294 g/mol. The van der Waals surface area contributed by atoms with Crippen molar-refractivity contribution in [2.45, 2.75) is 0 Å². The van der Waals surface area contributed by atoms with Crippen LogP contribution in [0.1, 0.15) is 0 Å². The van der Waals surface area contributed by atoms with E-state index in [2.05, 4.69) is 54.6 Å². The lowest BCUT2D eigenvalue weighted by molar-refractivity contribution is 1.67. The van der Waals surface area contributed by atoms with Gasteiger partial charge < -0.3 is 0 Å². The van der Waals surface area contributed by atoms with Gasteiger partial charge in [0.15, 0.2) is 0 Å². The normalized spacial score (nSPS) is 11.2. The van der Waals surface area contributed by atoms with Gasteiger partial charge in [0.1, 0.15) is 0 Å². The Bertz CT molecular complexity index is 907. The predicted octanol–water partition coefficient (Wildman–Crippen LogP) is 6.37. The van der Waals surface area contributed by atoms with Gasteiger partial charge in [-0.25, -0.2) is 0 Å². The van der Waals surface area contributed by atoms with Gasteiger partial charge >= 0.3 is 0 Å². The molecule has 0 aliphatic heterocycles. The summed E-state index contributed by atoms with van der Waals surface area (Å²) in [5, 5.41) is 3.35. The fraction of sp³-hybridized carbons (Fsp3) is 0. The number of thiophene rings is 1. The lowest BCUT2D eigenvalue weighted by atomic mass is 10.00. The van der Waals surface area contributed by atoms with Crippen LogP contribution in [0.5, 0.6) is 0 Å². The Hall–Kier alpha value is -1.83. The van der Waals surface area contributed by atoms with Crippen molar-refractivity contribution in [1.29, 1.82) is 0 Å². The molecule has 0 fully saturated rings. The van der Waals surface area contributed by atoms with Crippen molar-refractivity contribution in [3.05, 3.63) is 71.8 Å². The Labute approximate surface area is 126 Å². The lowest BCUT2D eigenvalue weighted by Gasteiger charge is -2.04. The number of hydrogen-bond donors (Lipinski definition) is 0. The summed E-state index contributed by atoms with van der Waals surface area (Å²) in [7, 11) is 0. The molecule has 0 amide bonds. The maximum absolute atomic E-state index is 6.18. The van der Waals surface area contributed by atoms with Crippen LogP contribution in [0.15, 0.2) is 66.7 Å². The largest absolute Gasteiger partial charge is 0.135 e.